The highest BCUT2D eigenvalue weighted by Gasteiger charge is 2.40. The highest BCUT2D eigenvalue weighted by atomic mass is 19.3. The van der Waals surface area contributed by atoms with E-state index in [4.69, 9.17) is 4.74 Å². The van der Waals surface area contributed by atoms with Crippen LogP contribution in [-0.2, 0) is 5.92 Å². The Morgan fingerprint density at radius 2 is 1.68 bits per heavy atom. The molecule has 0 aliphatic rings. The average molecular weight is 494 g/mol. The summed E-state index contributed by atoms with van der Waals surface area (Å²) in [4.78, 5) is 20.6. The molecule has 0 aliphatic carbocycles. The van der Waals surface area contributed by atoms with Crippen molar-refractivity contribution in [2.45, 2.75) is 5.92 Å². The SMILES string of the molecule is O=C(Oc1ccc(-c2cnc3nnc(C(F)(F)c4ccc5ncccc5c4)n3n2)cc1)c1ccccc1. The lowest BCUT2D eigenvalue weighted by Gasteiger charge is -2.15. The minimum absolute atomic E-state index is 0.0608. The molecule has 180 valence electrons. The Bertz CT molecular complexity index is 1750. The maximum Gasteiger partial charge on any atom is 0.343 e. The highest BCUT2D eigenvalue weighted by molar-refractivity contribution is 5.91. The summed E-state index contributed by atoms with van der Waals surface area (Å²) in [5.74, 6) is -4.38. The predicted molar refractivity (Wildman–Crippen MR) is 130 cm³/mol. The fourth-order valence-electron chi connectivity index (χ4n) is 3.86. The first-order valence-corrected chi connectivity index (χ1v) is 11.2. The second-order valence-electron chi connectivity index (χ2n) is 8.14. The van der Waals surface area contributed by atoms with E-state index >= 15 is 8.78 Å². The van der Waals surface area contributed by atoms with Crippen LogP contribution in [0.2, 0.25) is 0 Å². The van der Waals surface area contributed by atoms with Crippen molar-refractivity contribution in [2.75, 3.05) is 0 Å². The number of alkyl halides is 2. The van der Waals surface area contributed by atoms with Gasteiger partial charge in [-0.25, -0.2) is 9.78 Å². The van der Waals surface area contributed by atoms with E-state index in [1.54, 1.807) is 72.9 Å². The van der Waals surface area contributed by atoms with Gasteiger partial charge in [-0.1, -0.05) is 30.3 Å². The third-order valence-corrected chi connectivity index (χ3v) is 5.75. The van der Waals surface area contributed by atoms with E-state index in [0.717, 1.165) is 4.52 Å². The van der Waals surface area contributed by atoms with Gasteiger partial charge in [0, 0.05) is 22.7 Å². The first kappa shape index (κ1) is 22.4. The van der Waals surface area contributed by atoms with Gasteiger partial charge in [0.1, 0.15) is 11.4 Å². The third-order valence-electron chi connectivity index (χ3n) is 5.75. The van der Waals surface area contributed by atoms with Crippen molar-refractivity contribution in [2.24, 2.45) is 0 Å². The molecule has 0 aliphatic heterocycles. The van der Waals surface area contributed by atoms with Crippen molar-refractivity contribution in [1.29, 1.82) is 0 Å². The van der Waals surface area contributed by atoms with E-state index in [0.29, 0.717) is 33.5 Å². The molecular weight excluding hydrogens is 478 g/mol. The Balaban J connectivity index is 1.31. The maximum atomic E-state index is 15.6. The van der Waals surface area contributed by atoms with Crippen LogP contribution in [0.3, 0.4) is 0 Å². The van der Waals surface area contributed by atoms with E-state index in [1.807, 2.05) is 0 Å². The van der Waals surface area contributed by atoms with Gasteiger partial charge in [-0.3, -0.25) is 4.98 Å². The largest absolute Gasteiger partial charge is 0.423 e. The number of nitrogens with zero attached hydrogens (tertiary/aromatic N) is 6. The van der Waals surface area contributed by atoms with Crippen molar-refractivity contribution < 1.29 is 18.3 Å². The Labute approximate surface area is 208 Å². The summed E-state index contributed by atoms with van der Waals surface area (Å²) >= 11 is 0. The molecule has 3 heterocycles. The van der Waals surface area contributed by atoms with Gasteiger partial charge in [-0.15, -0.1) is 10.2 Å². The van der Waals surface area contributed by atoms with Gasteiger partial charge in [0.05, 0.1) is 17.3 Å². The molecule has 0 radical (unpaired) electrons. The molecule has 0 saturated carbocycles. The molecule has 0 saturated heterocycles. The topological polar surface area (TPSA) is 95.2 Å². The lowest BCUT2D eigenvalue weighted by Crippen LogP contribution is -2.20. The monoisotopic (exact) mass is 494 g/mol. The number of hydrogen-bond donors (Lipinski definition) is 0. The third kappa shape index (κ3) is 4.14. The van der Waals surface area contributed by atoms with Gasteiger partial charge in [-0.05, 0) is 54.6 Å². The minimum atomic E-state index is -3.49. The van der Waals surface area contributed by atoms with E-state index in [9.17, 15) is 4.79 Å². The van der Waals surface area contributed by atoms with Crippen LogP contribution in [0.5, 0.6) is 5.75 Å². The smallest absolute Gasteiger partial charge is 0.343 e. The van der Waals surface area contributed by atoms with Crippen molar-refractivity contribution in [3.8, 4) is 17.0 Å². The number of benzene rings is 3. The molecule has 0 spiro atoms. The van der Waals surface area contributed by atoms with E-state index in [1.165, 1.54) is 24.4 Å². The summed E-state index contributed by atoms with van der Waals surface area (Å²) in [6, 6.07) is 22.7. The van der Waals surface area contributed by atoms with Gasteiger partial charge >= 0.3 is 11.9 Å². The molecule has 3 aromatic carbocycles. The molecule has 0 unspecified atom stereocenters. The lowest BCUT2D eigenvalue weighted by molar-refractivity contribution is 0.0307. The van der Waals surface area contributed by atoms with Crippen molar-refractivity contribution in [3.05, 3.63) is 114 Å². The Kier molecular flexibility index (Phi) is 5.33. The quantitative estimate of drug-likeness (QED) is 0.243. The first-order chi connectivity index (χ1) is 18.0. The van der Waals surface area contributed by atoms with Crippen LogP contribution >= 0.6 is 0 Å². The lowest BCUT2D eigenvalue weighted by atomic mass is 10.0. The molecule has 0 N–H and O–H groups in total. The Morgan fingerprint density at radius 3 is 2.49 bits per heavy atom. The molecule has 6 rings (SSSR count). The standard InChI is InChI=1S/C27H16F2N6O2/c28-27(29,20-10-13-22-19(15-20)7-4-14-30-22)25-32-33-26-31-16-23(34-35(25)26)17-8-11-21(12-9-17)37-24(36)18-5-2-1-3-6-18/h1-16H. The number of carbonyl (C=O) groups excluding carboxylic acids is 1. The predicted octanol–water partition coefficient (Wildman–Crippen LogP) is 5.09. The first-order valence-electron chi connectivity index (χ1n) is 11.2. The van der Waals surface area contributed by atoms with Crippen molar-refractivity contribution in [3.63, 3.8) is 0 Å². The summed E-state index contributed by atoms with van der Waals surface area (Å²) in [7, 11) is 0. The van der Waals surface area contributed by atoms with Gasteiger partial charge in [0.2, 0.25) is 5.82 Å². The second-order valence-corrected chi connectivity index (χ2v) is 8.14. The highest BCUT2D eigenvalue weighted by Crippen LogP contribution is 2.35. The number of rotatable bonds is 5. The van der Waals surface area contributed by atoms with E-state index < -0.39 is 17.7 Å². The summed E-state index contributed by atoms with van der Waals surface area (Å²) < 4.78 is 37.5. The molecule has 0 amide bonds. The number of fused-ring (bicyclic) bond motifs is 2. The van der Waals surface area contributed by atoms with Gasteiger partial charge in [0.15, 0.2) is 0 Å². The van der Waals surface area contributed by atoms with Crippen molar-refractivity contribution in [1.82, 2.24) is 29.8 Å². The van der Waals surface area contributed by atoms with E-state index in [2.05, 4.69) is 25.3 Å². The maximum absolute atomic E-state index is 15.6. The number of pyridine rings is 1. The molecule has 6 aromatic rings. The zero-order chi connectivity index (χ0) is 25.4. The molecule has 0 fully saturated rings. The van der Waals surface area contributed by atoms with Gasteiger partial charge in [-0.2, -0.15) is 18.4 Å². The average Bonchev–Trinajstić information content (AvgIpc) is 3.38. The number of ether oxygens (including phenoxy) is 1. The molecule has 0 bridgehead atoms. The molecule has 0 atom stereocenters. The van der Waals surface area contributed by atoms with Crippen LogP contribution in [-0.4, -0.2) is 35.7 Å². The normalized spacial score (nSPS) is 11.6. The summed E-state index contributed by atoms with van der Waals surface area (Å²) in [6.07, 6.45) is 3.02. The van der Waals surface area contributed by atoms with Crippen LogP contribution in [0.4, 0.5) is 8.78 Å². The summed E-state index contributed by atoms with van der Waals surface area (Å²) in [5, 5.41) is 12.4. The molecule has 3 aromatic heterocycles. The van der Waals surface area contributed by atoms with Crippen LogP contribution < -0.4 is 4.74 Å². The summed E-state index contributed by atoms with van der Waals surface area (Å²) in [6.45, 7) is 0. The fraction of sp³-hybridized carbons (Fsp3) is 0.0370. The minimum Gasteiger partial charge on any atom is -0.423 e. The number of halogens is 2. The number of carbonyl (C=O) groups is 1. The molecule has 37 heavy (non-hydrogen) atoms. The van der Waals surface area contributed by atoms with Gasteiger partial charge < -0.3 is 4.74 Å². The molecule has 8 nitrogen and oxygen atoms in total. The number of hydrogen-bond acceptors (Lipinski definition) is 7. The Hall–Kier alpha value is -5.12. The zero-order valence-electron chi connectivity index (χ0n) is 19.0. The molecule has 10 heteroatoms. The van der Waals surface area contributed by atoms with Crippen LogP contribution in [0, 0.1) is 0 Å². The van der Waals surface area contributed by atoms with Crippen LogP contribution in [0.1, 0.15) is 21.7 Å². The zero-order valence-corrected chi connectivity index (χ0v) is 19.0. The van der Waals surface area contributed by atoms with E-state index in [-0.39, 0.29) is 11.3 Å². The van der Waals surface area contributed by atoms with Crippen molar-refractivity contribution >= 4 is 22.6 Å². The molecular formula is C27H16F2N6O2. The second kappa shape index (κ2) is 8.83. The van der Waals surface area contributed by atoms with Gasteiger partial charge in [0.25, 0.3) is 5.78 Å². The fourth-order valence-corrected chi connectivity index (χ4v) is 3.86. The summed E-state index contributed by atoms with van der Waals surface area (Å²) in [5.41, 5.74) is 1.65. The number of aromatic nitrogens is 6. The van der Waals surface area contributed by atoms with Crippen LogP contribution in [0.15, 0.2) is 97.3 Å². The number of esters is 1. The van der Waals surface area contributed by atoms with Crippen LogP contribution in [0.25, 0.3) is 27.9 Å². The Morgan fingerprint density at radius 1 is 0.865 bits per heavy atom.